The predicted octanol–water partition coefficient (Wildman–Crippen LogP) is 3.86. The Morgan fingerprint density at radius 2 is 0.967 bits per heavy atom. The summed E-state index contributed by atoms with van der Waals surface area (Å²) in [6.45, 7) is 5.71. The van der Waals surface area contributed by atoms with Crippen LogP contribution in [0.3, 0.4) is 0 Å². The van der Waals surface area contributed by atoms with Gasteiger partial charge in [-0.05, 0) is 36.1 Å². The SMILES string of the molecule is CCc1ccccc1C(=O)OCCOCCOCCOC(=O)c1ccccc1CC. The highest BCUT2D eigenvalue weighted by atomic mass is 16.6. The Morgan fingerprint density at radius 3 is 1.37 bits per heavy atom. The van der Waals surface area contributed by atoms with Crippen LogP contribution >= 0.6 is 0 Å². The molecule has 0 amide bonds. The van der Waals surface area contributed by atoms with E-state index in [0.717, 1.165) is 24.0 Å². The number of rotatable bonds is 13. The molecule has 30 heavy (non-hydrogen) atoms. The molecule has 0 spiro atoms. The van der Waals surface area contributed by atoms with Crippen molar-refractivity contribution >= 4 is 11.9 Å². The summed E-state index contributed by atoms with van der Waals surface area (Å²) in [5.41, 5.74) is 3.13. The minimum absolute atomic E-state index is 0.186. The predicted molar refractivity (Wildman–Crippen MR) is 114 cm³/mol. The van der Waals surface area contributed by atoms with Crippen molar-refractivity contribution in [3.8, 4) is 0 Å². The highest BCUT2D eigenvalue weighted by molar-refractivity contribution is 5.91. The Morgan fingerprint density at radius 1 is 0.600 bits per heavy atom. The van der Waals surface area contributed by atoms with Gasteiger partial charge in [-0.1, -0.05) is 50.2 Å². The summed E-state index contributed by atoms with van der Waals surface area (Å²) in [6, 6.07) is 14.8. The second kappa shape index (κ2) is 13.5. The normalized spacial score (nSPS) is 10.6. The van der Waals surface area contributed by atoms with Gasteiger partial charge in [0.05, 0.1) is 37.6 Å². The van der Waals surface area contributed by atoms with Crippen molar-refractivity contribution in [3.05, 3.63) is 70.8 Å². The van der Waals surface area contributed by atoms with E-state index in [4.69, 9.17) is 18.9 Å². The maximum absolute atomic E-state index is 12.1. The molecular formula is C24H30O6. The van der Waals surface area contributed by atoms with Crippen LogP contribution in [0.15, 0.2) is 48.5 Å². The van der Waals surface area contributed by atoms with Gasteiger partial charge >= 0.3 is 11.9 Å². The first-order valence-corrected chi connectivity index (χ1v) is 10.3. The smallest absolute Gasteiger partial charge is 0.338 e. The van der Waals surface area contributed by atoms with Gasteiger partial charge in [0.1, 0.15) is 13.2 Å². The summed E-state index contributed by atoms with van der Waals surface area (Å²) in [7, 11) is 0. The second-order valence-electron chi connectivity index (χ2n) is 6.52. The monoisotopic (exact) mass is 414 g/mol. The molecule has 2 aromatic carbocycles. The van der Waals surface area contributed by atoms with Crippen LogP contribution in [-0.2, 0) is 31.8 Å². The van der Waals surface area contributed by atoms with Crippen LogP contribution in [0.2, 0.25) is 0 Å². The molecule has 0 aromatic heterocycles. The van der Waals surface area contributed by atoms with Crippen LogP contribution < -0.4 is 0 Å². The Bertz CT molecular complexity index is 734. The third kappa shape index (κ3) is 7.61. The van der Waals surface area contributed by atoms with Gasteiger partial charge in [-0.2, -0.15) is 0 Å². The standard InChI is InChI=1S/C24H30O6/c1-3-19-9-5-7-11-21(19)23(25)29-17-15-27-13-14-28-16-18-30-24(26)22-12-8-6-10-20(22)4-2/h5-12H,3-4,13-18H2,1-2H3. The lowest BCUT2D eigenvalue weighted by Gasteiger charge is -2.10. The Balaban J connectivity index is 1.50. The van der Waals surface area contributed by atoms with E-state index in [1.54, 1.807) is 12.1 Å². The second-order valence-corrected chi connectivity index (χ2v) is 6.52. The van der Waals surface area contributed by atoms with E-state index >= 15 is 0 Å². The van der Waals surface area contributed by atoms with Crippen LogP contribution in [-0.4, -0.2) is 51.6 Å². The van der Waals surface area contributed by atoms with Gasteiger partial charge in [0.15, 0.2) is 0 Å². The van der Waals surface area contributed by atoms with Crippen LogP contribution in [0, 0.1) is 0 Å². The average Bonchev–Trinajstić information content (AvgIpc) is 2.79. The van der Waals surface area contributed by atoms with E-state index in [9.17, 15) is 9.59 Å². The maximum atomic E-state index is 12.1. The first-order valence-electron chi connectivity index (χ1n) is 10.3. The molecule has 0 fully saturated rings. The van der Waals surface area contributed by atoms with Crippen LogP contribution in [0.4, 0.5) is 0 Å². The summed E-state index contributed by atoms with van der Waals surface area (Å²) in [5, 5.41) is 0. The van der Waals surface area contributed by atoms with E-state index in [2.05, 4.69) is 0 Å². The lowest BCUT2D eigenvalue weighted by atomic mass is 10.1. The average molecular weight is 414 g/mol. The van der Waals surface area contributed by atoms with E-state index in [0.29, 0.717) is 37.6 Å². The van der Waals surface area contributed by atoms with Gasteiger partial charge in [0, 0.05) is 0 Å². The van der Waals surface area contributed by atoms with Gasteiger partial charge < -0.3 is 18.9 Å². The first kappa shape index (κ1) is 23.6. The number of hydrogen-bond donors (Lipinski definition) is 0. The highest BCUT2D eigenvalue weighted by Gasteiger charge is 2.11. The van der Waals surface area contributed by atoms with Crippen molar-refractivity contribution in [2.24, 2.45) is 0 Å². The van der Waals surface area contributed by atoms with Gasteiger partial charge in [-0.25, -0.2) is 9.59 Å². The Labute approximate surface area is 178 Å². The fourth-order valence-electron chi connectivity index (χ4n) is 2.92. The number of benzene rings is 2. The van der Waals surface area contributed by atoms with Crippen LogP contribution in [0.5, 0.6) is 0 Å². The molecule has 0 atom stereocenters. The van der Waals surface area contributed by atoms with Gasteiger partial charge in [-0.3, -0.25) is 0 Å². The largest absolute Gasteiger partial charge is 0.460 e. The summed E-state index contributed by atoms with van der Waals surface area (Å²) < 4.78 is 21.3. The lowest BCUT2D eigenvalue weighted by Crippen LogP contribution is -2.16. The molecule has 6 nitrogen and oxygen atoms in total. The Hall–Kier alpha value is -2.70. The Kier molecular flexibility index (Phi) is 10.6. The molecular weight excluding hydrogens is 384 g/mol. The summed E-state index contributed by atoms with van der Waals surface area (Å²) in [5.74, 6) is -0.669. The molecule has 6 heteroatoms. The molecule has 0 aliphatic rings. The van der Waals surface area contributed by atoms with Gasteiger partial charge in [0.2, 0.25) is 0 Å². The summed E-state index contributed by atoms with van der Waals surface area (Å²) in [4.78, 5) is 24.2. The van der Waals surface area contributed by atoms with Crippen molar-refractivity contribution in [2.75, 3.05) is 39.6 Å². The van der Waals surface area contributed by atoms with Crippen LogP contribution in [0.1, 0.15) is 45.7 Å². The van der Waals surface area contributed by atoms with Crippen molar-refractivity contribution in [1.82, 2.24) is 0 Å². The van der Waals surface area contributed by atoms with E-state index in [-0.39, 0.29) is 25.2 Å². The van der Waals surface area contributed by atoms with Crippen LogP contribution in [0.25, 0.3) is 0 Å². The first-order chi connectivity index (χ1) is 14.7. The molecule has 0 saturated carbocycles. The number of esters is 2. The number of carbonyl (C=O) groups excluding carboxylic acids is 2. The molecule has 0 aliphatic heterocycles. The zero-order chi connectivity index (χ0) is 21.6. The summed E-state index contributed by atoms with van der Waals surface area (Å²) >= 11 is 0. The maximum Gasteiger partial charge on any atom is 0.338 e. The molecule has 0 bridgehead atoms. The topological polar surface area (TPSA) is 71.1 Å². The number of carbonyl (C=O) groups is 2. The number of ether oxygens (including phenoxy) is 4. The van der Waals surface area contributed by atoms with Crippen molar-refractivity contribution in [3.63, 3.8) is 0 Å². The molecule has 0 heterocycles. The fraction of sp³-hybridized carbons (Fsp3) is 0.417. The van der Waals surface area contributed by atoms with Gasteiger partial charge in [0.25, 0.3) is 0 Å². The highest BCUT2D eigenvalue weighted by Crippen LogP contribution is 2.11. The minimum Gasteiger partial charge on any atom is -0.460 e. The molecule has 2 rings (SSSR count). The number of hydrogen-bond acceptors (Lipinski definition) is 6. The van der Waals surface area contributed by atoms with E-state index in [1.807, 2.05) is 50.2 Å². The third-order valence-corrected chi connectivity index (χ3v) is 4.53. The molecule has 0 aliphatic carbocycles. The van der Waals surface area contributed by atoms with E-state index in [1.165, 1.54) is 0 Å². The summed E-state index contributed by atoms with van der Waals surface area (Å²) in [6.07, 6.45) is 1.55. The number of aryl methyl sites for hydroxylation is 2. The van der Waals surface area contributed by atoms with Crippen molar-refractivity contribution in [1.29, 1.82) is 0 Å². The fourth-order valence-corrected chi connectivity index (χ4v) is 2.92. The molecule has 0 saturated heterocycles. The zero-order valence-electron chi connectivity index (χ0n) is 17.7. The molecule has 0 unspecified atom stereocenters. The molecule has 162 valence electrons. The molecule has 2 aromatic rings. The van der Waals surface area contributed by atoms with E-state index < -0.39 is 0 Å². The quantitative estimate of drug-likeness (QED) is 0.366. The lowest BCUT2D eigenvalue weighted by molar-refractivity contribution is 0.00224. The van der Waals surface area contributed by atoms with Gasteiger partial charge in [-0.15, -0.1) is 0 Å². The molecule has 0 N–H and O–H groups in total. The molecule has 0 radical (unpaired) electrons. The minimum atomic E-state index is -0.334. The zero-order valence-corrected chi connectivity index (χ0v) is 17.7. The van der Waals surface area contributed by atoms with Crippen molar-refractivity contribution in [2.45, 2.75) is 26.7 Å². The third-order valence-electron chi connectivity index (χ3n) is 4.53. The van der Waals surface area contributed by atoms with Crippen molar-refractivity contribution < 1.29 is 28.5 Å².